The maximum absolute atomic E-state index is 13.5. The fourth-order valence-corrected chi connectivity index (χ4v) is 4.61. The van der Waals surface area contributed by atoms with Crippen molar-refractivity contribution in [2.45, 2.75) is 25.3 Å². The molecule has 0 unspecified atom stereocenters. The van der Waals surface area contributed by atoms with E-state index in [2.05, 4.69) is 28.2 Å². The Morgan fingerprint density at radius 2 is 1.68 bits per heavy atom. The summed E-state index contributed by atoms with van der Waals surface area (Å²) in [6.07, 6.45) is 3.10. The predicted molar refractivity (Wildman–Crippen MR) is 143 cm³/mol. The summed E-state index contributed by atoms with van der Waals surface area (Å²) in [7, 11) is 4.88. The van der Waals surface area contributed by atoms with E-state index in [0.29, 0.717) is 31.2 Å². The van der Waals surface area contributed by atoms with Crippen molar-refractivity contribution < 1.29 is 23.4 Å². The van der Waals surface area contributed by atoms with Gasteiger partial charge in [0.25, 0.3) is 0 Å². The van der Waals surface area contributed by atoms with Crippen LogP contribution in [0.25, 0.3) is 10.9 Å². The normalized spacial score (nSPS) is 11.9. The minimum absolute atomic E-state index is 0.0433. The van der Waals surface area contributed by atoms with Crippen molar-refractivity contribution in [3.8, 4) is 11.5 Å². The molecule has 0 fully saturated rings. The molecule has 194 valence electrons. The molecular formula is C30H33FN2O4. The molecule has 1 aromatic heterocycles. The summed E-state index contributed by atoms with van der Waals surface area (Å²) >= 11 is 0. The van der Waals surface area contributed by atoms with Crippen molar-refractivity contribution in [3.05, 3.63) is 95.4 Å². The molecule has 1 atom stereocenters. The number of benzene rings is 3. The number of amides is 1. The highest BCUT2D eigenvalue weighted by Crippen LogP contribution is 2.38. The van der Waals surface area contributed by atoms with E-state index in [0.717, 1.165) is 34.0 Å². The maximum Gasteiger partial charge on any atom is 0.220 e. The number of ether oxygens (including phenoxy) is 3. The fourth-order valence-electron chi connectivity index (χ4n) is 4.61. The van der Waals surface area contributed by atoms with Gasteiger partial charge in [-0.15, -0.1) is 0 Å². The van der Waals surface area contributed by atoms with Gasteiger partial charge in [-0.1, -0.05) is 30.3 Å². The topological polar surface area (TPSA) is 61.7 Å². The lowest BCUT2D eigenvalue weighted by atomic mass is 9.87. The first kappa shape index (κ1) is 26.2. The number of aromatic nitrogens is 1. The monoisotopic (exact) mass is 504 g/mol. The molecule has 0 saturated carbocycles. The predicted octanol–water partition coefficient (Wildman–Crippen LogP) is 5.52. The van der Waals surface area contributed by atoms with Gasteiger partial charge in [0.2, 0.25) is 5.91 Å². The maximum atomic E-state index is 13.5. The summed E-state index contributed by atoms with van der Waals surface area (Å²) in [6, 6.07) is 20.4. The zero-order valence-corrected chi connectivity index (χ0v) is 21.5. The zero-order chi connectivity index (χ0) is 26.2. The van der Waals surface area contributed by atoms with Crippen LogP contribution in [0.15, 0.2) is 72.9 Å². The van der Waals surface area contributed by atoms with Gasteiger partial charge in [0.1, 0.15) is 17.3 Å². The van der Waals surface area contributed by atoms with E-state index in [9.17, 15) is 9.18 Å². The Labute approximate surface area is 217 Å². The van der Waals surface area contributed by atoms with Crippen LogP contribution >= 0.6 is 0 Å². The number of carbonyl (C=O) groups excluding carboxylic acids is 1. The van der Waals surface area contributed by atoms with Gasteiger partial charge in [0.05, 0.1) is 14.2 Å². The van der Waals surface area contributed by atoms with E-state index in [4.69, 9.17) is 14.2 Å². The minimum Gasteiger partial charge on any atom is -0.497 e. The minimum atomic E-state index is -0.259. The number of methoxy groups -OCH3 is 3. The van der Waals surface area contributed by atoms with Crippen LogP contribution < -0.4 is 14.8 Å². The highest BCUT2D eigenvalue weighted by atomic mass is 19.1. The third-order valence-electron chi connectivity index (χ3n) is 6.47. The molecule has 3 aromatic carbocycles. The number of para-hydroxylation sites is 1. The van der Waals surface area contributed by atoms with Crippen LogP contribution in [-0.2, 0) is 16.1 Å². The second-order valence-corrected chi connectivity index (χ2v) is 8.95. The number of nitrogens with one attached hydrogen (secondary N) is 1. The molecule has 37 heavy (non-hydrogen) atoms. The number of halogens is 1. The lowest BCUT2D eigenvalue weighted by molar-refractivity contribution is -0.121. The lowest BCUT2D eigenvalue weighted by Crippen LogP contribution is -2.27. The second-order valence-electron chi connectivity index (χ2n) is 8.95. The van der Waals surface area contributed by atoms with Crippen LogP contribution in [0.2, 0.25) is 0 Å². The Hall–Kier alpha value is -3.84. The summed E-state index contributed by atoms with van der Waals surface area (Å²) in [4.78, 5) is 13.1. The Kier molecular flexibility index (Phi) is 8.80. The molecule has 0 saturated heterocycles. The number of nitrogens with zero attached hydrogens (tertiary/aromatic N) is 1. The highest BCUT2D eigenvalue weighted by Gasteiger charge is 2.24. The Morgan fingerprint density at radius 3 is 2.35 bits per heavy atom. The van der Waals surface area contributed by atoms with E-state index in [1.807, 2.05) is 30.3 Å². The highest BCUT2D eigenvalue weighted by molar-refractivity contribution is 5.87. The standard InChI is InChI=1S/C30H33FN2O4/c1-35-14-6-13-32-30(34)18-27(22-15-24(36-2)17-25(16-22)37-3)28-20-33(29-8-5-4-7-26(28)29)19-21-9-11-23(31)12-10-21/h4-5,7-12,15-17,20,27H,6,13-14,18-19H2,1-3H3,(H,32,34)/t27-/m1/s1. The Balaban J connectivity index is 1.76. The molecule has 6 nitrogen and oxygen atoms in total. The van der Waals surface area contributed by atoms with Gasteiger partial charge in [0.15, 0.2) is 0 Å². The van der Waals surface area contributed by atoms with Crippen molar-refractivity contribution in [3.63, 3.8) is 0 Å². The summed E-state index contributed by atoms with van der Waals surface area (Å²) in [5.74, 6) is 0.777. The van der Waals surface area contributed by atoms with E-state index >= 15 is 0 Å². The molecule has 0 spiro atoms. The molecule has 1 heterocycles. The molecular weight excluding hydrogens is 471 g/mol. The van der Waals surface area contributed by atoms with Crippen LogP contribution in [0.5, 0.6) is 11.5 Å². The van der Waals surface area contributed by atoms with Crippen molar-refractivity contribution >= 4 is 16.8 Å². The van der Waals surface area contributed by atoms with Crippen LogP contribution in [0.4, 0.5) is 4.39 Å². The molecule has 0 bridgehead atoms. The van der Waals surface area contributed by atoms with Crippen LogP contribution in [0.1, 0.15) is 35.4 Å². The van der Waals surface area contributed by atoms with Gasteiger partial charge in [-0.3, -0.25) is 4.79 Å². The van der Waals surface area contributed by atoms with E-state index in [1.54, 1.807) is 33.5 Å². The smallest absolute Gasteiger partial charge is 0.220 e. The average molecular weight is 505 g/mol. The van der Waals surface area contributed by atoms with Crippen LogP contribution in [0.3, 0.4) is 0 Å². The van der Waals surface area contributed by atoms with E-state index < -0.39 is 0 Å². The van der Waals surface area contributed by atoms with Crippen molar-refractivity contribution in [2.75, 3.05) is 34.5 Å². The molecule has 4 rings (SSSR count). The van der Waals surface area contributed by atoms with Gasteiger partial charge in [-0.2, -0.15) is 0 Å². The van der Waals surface area contributed by atoms with Crippen molar-refractivity contribution in [1.29, 1.82) is 0 Å². The number of fused-ring (bicyclic) bond motifs is 1. The van der Waals surface area contributed by atoms with Crippen LogP contribution in [0, 0.1) is 5.82 Å². The molecule has 1 N–H and O–H groups in total. The van der Waals surface area contributed by atoms with Gasteiger partial charge in [-0.05, 0) is 53.4 Å². The number of hydrogen-bond donors (Lipinski definition) is 1. The van der Waals surface area contributed by atoms with Crippen molar-refractivity contribution in [1.82, 2.24) is 9.88 Å². The van der Waals surface area contributed by atoms with E-state index in [-0.39, 0.29) is 24.1 Å². The number of rotatable bonds is 12. The zero-order valence-electron chi connectivity index (χ0n) is 21.5. The Bertz CT molecular complexity index is 1310. The molecule has 1 amide bonds. The van der Waals surface area contributed by atoms with E-state index in [1.165, 1.54) is 12.1 Å². The first-order valence-electron chi connectivity index (χ1n) is 12.3. The molecule has 4 aromatic rings. The molecule has 0 aliphatic carbocycles. The quantitative estimate of drug-likeness (QED) is 0.258. The first-order chi connectivity index (χ1) is 18.0. The number of hydrogen-bond acceptors (Lipinski definition) is 4. The molecule has 7 heteroatoms. The largest absolute Gasteiger partial charge is 0.497 e. The van der Waals surface area contributed by atoms with Gasteiger partial charge < -0.3 is 24.1 Å². The number of carbonyl (C=O) groups is 1. The first-order valence-corrected chi connectivity index (χ1v) is 12.3. The summed E-state index contributed by atoms with van der Waals surface area (Å²) < 4.78 is 31.8. The lowest BCUT2D eigenvalue weighted by Gasteiger charge is -2.19. The summed E-state index contributed by atoms with van der Waals surface area (Å²) in [5, 5.41) is 4.08. The summed E-state index contributed by atoms with van der Waals surface area (Å²) in [6.45, 7) is 1.72. The SMILES string of the molecule is COCCCNC(=O)C[C@H](c1cc(OC)cc(OC)c1)c1cn(Cc2ccc(F)cc2)c2ccccc12. The van der Waals surface area contributed by atoms with Gasteiger partial charge in [0, 0.05) is 62.3 Å². The second kappa shape index (κ2) is 12.4. The fraction of sp³-hybridized carbons (Fsp3) is 0.300. The third kappa shape index (κ3) is 6.49. The summed E-state index contributed by atoms with van der Waals surface area (Å²) in [5.41, 5.74) is 3.99. The Morgan fingerprint density at radius 1 is 0.973 bits per heavy atom. The van der Waals surface area contributed by atoms with Gasteiger partial charge >= 0.3 is 0 Å². The molecule has 0 radical (unpaired) electrons. The third-order valence-corrected chi connectivity index (χ3v) is 6.47. The molecule has 0 aliphatic heterocycles. The van der Waals surface area contributed by atoms with Crippen LogP contribution in [-0.4, -0.2) is 45.0 Å². The average Bonchev–Trinajstić information content (AvgIpc) is 3.28. The van der Waals surface area contributed by atoms with Crippen molar-refractivity contribution in [2.24, 2.45) is 0 Å². The van der Waals surface area contributed by atoms with Gasteiger partial charge in [-0.25, -0.2) is 4.39 Å². The molecule has 0 aliphatic rings.